The van der Waals surface area contributed by atoms with Gasteiger partial charge < -0.3 is 24.6 Å². The predicted octanol–water partition coefficient (Wildman–Crippen LogP) is 1.11. The number of aryl methyl sites for hydroxylation is 1. The molecule has 1 atom stereocenters. The number of nitrogens with zero attached hydrogens (tertiary/aromatic N) is 4. The van der Waals surface area contributed by atoms with E-state index in [0.717, 1.165) is 0 Å². The molecule has 1 unspecified atom stereocenters. The molecule has 0 spiro atoms. The van der Waals surface area contributed by atoms with Crippen LogP contribution in [-0.4, -0.2) is 89.6 Å². The number of hydrogen-bond donors (Lipinski definition) is 1. The molecule has 2 rings (SSSR count). The third kappa shape index (κ3) is 5.71. The van der Waals surface area contributed by atoms with E-state index in [-0.39, 0.29) is 56.0 Å². The Morgan fingerprint density at radius 3 is 2.44 bits per heavy atom. The molecule has 0 aliphatic carbocycles. The largest absolute Gasteiger partial charge is 0.465 e. The summed E-state index contributed by atoms with van der Waals surface area (Å²) in [4.78, 5) is 61.4. The predicted molar refractivity (Wildman–Crippen MR) is 114 cm³/mol. The molecule has 2 heterocycles. The number of piperazine rings is 1. The second-order valence-electron chi connectivity index (χ2n) is 7.78. The van der Waals surface area contributed by atoms with Crippen molar-refractivity contribution in [3.8, 4) is 0 Å². The molecule has 0 aromatic carbocycles. The molecule has 1 fully saturated rings. The highest BCUT2D eigenvalue weighted by molar-refractivity contribution is 6.04. The van der Waals surface area contributed by atoms with E-state index in [0.29, 0.717) is 11.5 Å². The number of hydrogen-bond acceptors (Lipinski definition) is 8. The second-order valence-corrected chi connectivity index (χ2v) is 7.78. The molecular weight excluding hydrogens is 418 g/mol. The maximum Gasteiger partial charge on any atom is 0.342 e. The summed E-state index contributed by atoms with van der Waals surface area (Å²) in [5.41, 5.74) is 0.526. The molecule has 1 saturated heterocycles. The zero-order valence-corrected chi connectivity index (χ0v) is 19.4. The third-order valence-corrected chi connectivity index (χ3v) is 5.05. The van der Waals surface area contributed by atoms with Crippen LogP contribution in [-0.2, 0) is 14.3 Å². The maximum atomic E-state index is 13.3. The molecule has 1 aliphatic heterocycles. The number of carbonyl (C=O) groups excluding carboxylic acids is 4. The minimum absolute atomic E-state index is 0.000428. The van der Waals surface area contributed by atoms with Crippen molar-refractivity contribution < 1.29 is 28.7 Å². The van der Waals surface area contributed by atoms with Crippen LogP contribution in [0.1, 0.15) is 66.0 Å². The van der Waals surface area contributed by atoms with Crippen LogP contribution in [0.15, 0.2) is 0 Å². The number of amides is 3. The van der Waals surface area contributed by atoms with Gasteiger partial charge in [0, 0.05) is 25.7 Å². The molecule has 1 aliphatic rings. The van der Waals surface area contributed by atoms with Crippen molar-refractivity contribution in [2.75, 3.05) is 39.9 Å². The Balaban J connectivity index is 2.18. The molecule has 1 aromatic heterocycles. The number of rotatable bonds is 6. The first kappa shape index (κ1) is 25.0. The number of aromatic nitrogens is 2. The van der Waals surface area contributed by atoms with Gasteiger partial charge in [-0.15, -0.1) is 0 Å². The van der Waals surface area contributed by atoms with Crippen LogP contribution >= 0.6 is 0 Å². The number of ether oxygens (including phenoxy) is 2. The minimum Gasteiger partial charge on any atom is -0.465 e. The van der Waals surface area contributed by atoms with Gasteiger partial charge in [-0.05, 0) is 26.7 Å². The van der Waals surface area contributed by atoms with Crippen LogP contribution in [0.3, 0.4) is 0 Å². The second kappa shape index (κ2) is 10.9. The van der Waals surface area contributed by atoms with E-state index in [1.54, 1.807) is 30.6 Å². The van der Waals surface area contributed by atoms with Crippen LogP contribution in [0.4, 0.5) is 4.79 Å². The van der Waals surface area contributed by atoms with Crippen molar-refractivity contribution in [2.45, 2.75) is 46.6 Å². The van der Waals surface area contributed by atoms with Crippen LogP contribution in [0.2, 0.25) is 0 Å². The summed E-state index contributed by atoms with van der Waals surface area (Å²) < 4.78 is 9.69. The SMILES string of the molecule is CCOC(=O)CNC(=O)N1CCN(C(=O)c2nc(C)nc(C(C)C)c2C(=O)OC)CC1C. The Morgan fingerprint density at radius 1 is 1.19 bits per heavy atom. The highest BCUT2D eigenvalue weighted by atomic mass is 16.5. The van der Waals surface area contributed by atoms with Gasteiger partial charge in [0.2, 0.25) is 0 Å². The average molecular weight is 450 g/mol. The van der Waals surface area contributed by atoms with Gasteiger partial charge in [-0.3, -0.25) is 9.59 Å². The number of urea groups is 1. The van der Waals surface area contributed by atoms with Crippen molar-refractivity contribution in [2.24, 2.45) is 0 Å². The summed E-state index contributed by atoms with van der Waals surface area (Å²) in [5.74, 6) is -1.33. The first-order valence-electron chi connectivity index (χ1n) is 10.6. The zero-order valence-electron chi connectivity index (χ0n) is 19.4. The van der Waals surface area contributed by atoms with E-state index in [1.165, 1.54) is 7.11 Å². The van der Waals surface area contributed by atoms with Crippen molar-refractivity contribution in [3.63, 3.8) is 0 Å². The summed E-state index contributed by atoms with van der Waals surface area (Å²) in [5, 5.41) is 2.53. The Labute approximate surface area is 187 Å². The molecule has 11 nitrogen and oxygen atoms in total. The Hall–Kier alpha value is -3.24. The monoisotopic (exact) mass is 449 g/mol. The Bertz CT molecular complexity index is 888. The number of nitrogens with one attached hydrogen (secondary N) is 1. The van der Waals surface area contributed by atoms with E-state index in [1.807, 2.05) is 13.8 Å². The normalized spacial score (nSPS) is 16.0. The van der Waals surface area contributed by atoms with Gasteiger partial charge in [-0.1, -0.05) is 13.8 Å². The number of carbonyl (C=O) groups is 4. The fourth-order valence-electron chi connectivity index (χ4n) is 3.52. The first-order chi connectivity index (χ1) is 15.1. The number of methoxy groups -OCH3 is 1. The third-order valence-electron chi connectivity index (χ3n) is 5.05. The molecule has 176 valence electrons. The molecule has 1 N–H and O–H groups in total. The standard InChI is InChI=1S/C21H31N5O6/c1-7-32-15(27)10-22-21(30)26-9-8-25(11-13(26)4)19(28)18-16(20(29)31-6)17(12(2)3)23-14(5)24-18/h12-13H,7-11H2,1-6H3,(H,22,30). The van der Waals surface area contributed by atoms with Crippen LogP contribution in [0.25, 0.3) is 0 Å². The highest BCUT2D eigenvalue weighted by Gasteiger charge is 2.34. The maximum absolute atomic E-state index is 13.3. The fourth-order valence-corrected chi connectivity index (χ4v) is 3.52. The highest BCUT2D eigenvalue weighted by Crippen LogP contribution is 2.23. The lowest BCUT2D eigenvalue weighted by Crippen LogP contribution is -2.58. The lowest BCUT2D eigenvalue weighted by Gasteiger charge is -2.39. The van der Waals surface area contributed by atoms with Crippen LogP contribution in [0.5, 0.6) is 0 Å². The van der Waals surface area contributed by atoms with Crippen molar-refractivity contribution in [1.82, 2.24) is 25.1 Å². The fraction of sp³-hybridized carbons (Fsp3) is 0.619. The van der Waals surface area contributed by atoms with E-state index < -0.39 is 23.9 Å². The molecule has 3 amide bonds. The Morgan fingerprint density at radius 2 is 1.88 bits per heavy atom. The molecule has 0 bridgehead atoms. The minimum atomic E-state index is -0.665. The van der Waals surface area contributed by atoms with E-state index in [4.69, 9.17) is 9.47 Å². The summed E-state index contributed by atoms with van der Waals surface area (Å²) >= 11 is 0. The molecule has 32 heavy (non-hydrogen) atoms. The number of esters is 2. The summed E-state index contributed by atoms with van der Waals surface area (Å²) in [7, 11) is 1.25. The Kier molecular flexibility index (Phi) is 8.50. The van der Waals surface area contributed by atoms with Crippen molar-refractivity contribution in [1.29, 1.82) is 0 Å². The van der Waals surface area contributed by atoms with E-state index in [9.17, 15) is 19.2 Å². The summed E-state index contributed by atoms with van der Waals surface area (Å²) in [6.07, 6.45) is 0. The first-order valence-corrected chi connectivity index (χ1v) is 10.6. The van der Waals surface area contributed by atoms with Gasteiger partial charge >= 0.3 is 18.0 Å². The topological polar surface area (TPSA) is 131 Å². The van der Waals surface area contributed by atoms with Gasteiger partial charge in [-0.25, -0.2) is 19.6 Å². The molecule has 0 radical (unpaired) electrons. The van der Waals surface area contributed by atoms with Crippen LogP contribution in [0, 0.1) is 6.92 Å². The molecule has 0 saturated carbocycles. The average Bonchev–Trinajstić information content (AvgIpc) is 2.75. The smallest absolute Gasteiger partial charge is 0.342 e. The summed E-state index contributed by atoms with van der Waals surface area (Å²) in [6, 6.07) is -0.725. The van der Waals surface area contributed by atoms with Crippen LogP contribution < -0.4 is 5.32 Å². The molecule has 1 aromatic rings. The lowest BCUT2D eigenvalue weighted by molar-refractivity contribution is -0.141. The van der Waals surface area contributed by atoms with Gasteiger partial charge in [-0.2, -0.15) is 0 Å². The van der Waals surface area contributed by atoms with Gasteiger partial charge in [0.15, 0.2) is 0 Å². The van der Waals surface area contributed by atoms with Gasteiger partial charge in [0.05, 0.1) is 19.4 Å². The molecule has 11 heteroatoms. The quantitative estimate of drug-likeness (QED) is 0.639. The van der Waals surface area contributed by atoms with E-state index >= 15 is 0 Å². The zero-order chi connectivity index (χ0) is 24.0. The van der Waals surface area contributed by atoms with Crippen molar-refractivity contribution >= 4 is 23.9 Å². The van der Waals surface area contributed by atoms with Gasteiger partial charge in [0.1, 0.15) is 23.6 Å². The van der Waals surface area contributed by atoms with Gasteiger partial charge in [0.25, 0.3) is 5.91 Å². The van der Waals surface area contributed by atoms with Crippen molar-refractivity contribution in [3.05, 3.63) is 22.8 Å². The summed E-state index contributed by atoms with van der Waals surface area (Å²) in [6.45, 7) is 9.66. The molecular formula is C21H31N5O6. The lowest BCUT2D eigenvalue weighted by atomic mass is 10.0. The van der Waals surface area contributed by atoms with E-state index in [2.05, 4.69) is 15.3 Å².